The van der Waals surface area contributed by atoms with Gasteiger partial charge in [0.2, 0.25) is 0 Å². The van der Waals surface area contributed by atoms with Crippen LogP contribution < -0.4 is 12.4 Å². The van der Waals surface area contributed by atoms with Gasteiger partial charge in [0, 0.05) is 11.6 Å². The van der Waals surface area contributed by atoms with Crippen LogP contribution >= 0.6 is 0 Å². The van der Waals surface area contributed by atoms with Gasteiger partial charge in [-0.15, -0.1) is 4.91 Å². The zero-order valence-electron chi connectivity index (χ0n) is 7.01. The SMILES string of the molecule is O=Nc1ccc(O)c2ncccc12.[Cl-]. The van der Waals surface area contributed by atoms with Gasteiger partial charge in [-0.1, -0.05) is 0 Å². The molecule has 0 saturated carbocycles. The maximum absolute atomic E-state index is 10.4. The van der Waals surface area contributed by atoms with Crippen LogP contribution in [0.4, 0.5) is 5.69 Å². The minimum Gasteiger partial charge on any atom is -1.00 e. The quantitative estimate of drug-likeness (QED) is 0.635. The third-order valence-corrected chi connectivity index (χ3v) is 1.82. The summed E-state index contributed by atoms with van der Waals surface area (Å²) < 4.78 is 0. The summed E-state index contributed by atoms with van der Waals surface area (Å²) in [5, 5.41) is 12.8. The average Bonchev–Trinajstić information content (AvgIpc) is 2.19. The predicted molar refractivity (Wildman–Crippen MR) is 48.9 cm³/mol. The van der Waals surface area contributed by atoms with Crippen molar-refractivity contribution in [1.82, 2.24) is 4.98 Å². The van der Waals surface area contributed by atoms with Gasteiger partial charge in [-0.3, -0.25) is 4.98 Å². The normalized spacial score (nSPS) is 9.43. The zero-order valence-corrected chi connectivity index (χ0v) is 7.77. The molecule has 0 aliphatic carbocycles. The summed E-state index contributed by atoms with van der Waals surface area (Å²) in [5.74, 6) is 0.0583. The molecule has 2 aromatic rings. The first-order chi connectivity index (χ1) is 6.33. The highest BCUT2D eigenvalue weighted by Crippen LogP contribution is 2.30. The Hall–Kier alpha value is -1.68. The van der Waals surface area contributed by atoms with Gasteiger partial charge in [0.05, 0.1) is 0 Å². The van der Waals surface area contributed by atoms with E-state index in [4.69, 9.17) is 0 Å². The topological polar surface area (TPSA) is 62.5 Å². The van der Waals surface area contributed by atoms with E-state index in [1.807, 2.05) is 0 Å². The van der Waals surface area contributed by atoms with Crippen LogP contribution in [0.15, 0.2) is 35.6 Å². The van der Waals surface area contributed by atoms with Gasteiger partial charge < -0.3 is 17.5 Å². The second-order valence-electron chi connectivity index (χ2n) is 2.59. The fourth-order valence-corrected chi connectivity index (χ4v) is 1.22. The summed E-state index contributed by atoms with van der Waals surface area (Å²) in [4.78, 5) is 14.3. The van der Waals surface area contributed by atoms with Gasteiger partial charge in [-0.2, -0.15) is 0 Å². The summed E-state index contributed by atoms with van der Waals surface area (Å²) >= 11 is 0. The van der Waals surface area contributed by atoms with Crippen molar-refractivity contribution in [1.29, 1.82) is 0 Å². The summed E-state index contributed by atoms with van der Waals surface area (Å²) in [6, 6.07) is 6.26. The Kier molecular flexibility index (Phi) is 2.99. The van der Waals surface area contributed by atoms with Gasteiger partial charge >= 0.3 is 0 Å². The molecule has 1 aromatic carbocycles. The highest BCUT2D eigenvalue weighted by Gasteiger charge is 2.04. The van der Waals surface area contributed by atoms with E-state index >= 15 is 0 Å². The smallest absolute Gasteiger partial charge is 0.141 e. The number of nitroso groups, excluding NO2 is 1. The lowest BCUT2D eigenvalue weighted by molar-refractivity contribution is -0.00000363. The van der Waals surface area contributed by atoms with Gasteiger partial charge in [0.1, 0.15) is 17.0 Å². The molecule has 0 aliphatic heterocycles. The summed E-state index contributed by atoms with van der Waals surface area (Å²) in [5.41, 5.74) is 0.695. The Bertz CT molecular complexity index is 473. The first-order valence-corrected chi connectivity index (χ1v) is 3.73. The van der Waals surface area contributed by atoms with Crippen molar-refractivity contribution in [2.45, 2.75) is 0 Å². The van der Waals surface area contributed by atoms with Crippen molar-refractivity contribution in [2.24, 2.45) is 5.18 Å². The largest absolute Gasteiger partial charge is 1.00 e. The number of halogens is 1. The molecular weight excluding hydrogens is 204 g/mol. The summed E-state index contributed by atoms with van der Waals surface area (Å²) in [6.45, 7) is 0. The molecule has 0 spiro atoms. The van der Waals surface area contributed by atoms with Crippen molar-refractivity contribution in [2.75, 3.05) is 0 Å². The van der Waals surface area contributed by atoms with E-state index in [1.54, 1.807) is 18.3 Å². The minimum atomic E-state index is 0. The Morgan fingerprint density at radius 1 is 1.29 bits per heavy atom. The lowest BCUT2D eigenvalue weighted by atomic mass is 10.2. The van der Waals surface area contributed by atoms with E-state index in [0.29, 0.717) is 16.6 Å². The molecule has 14 heavy (non-hydrogen) atoms. The lowest BCUT2D eigenvalue weighted by Crippen LogP contribution is -3.00. The van der Waals surface area contributed by atoms with Crippen LogP contribution in [-0.2, 0) is 0 Å². The third kappa shape index (κ3) is 1.52. The monoisotopic (exact) mass is 209 g/mol. The molecule has 1 N–H and O–H groups in total. The van der Waals surface area contributed by atoms with Gasteiger partial charge in [-0.25, -0.2) is 0 Å². The van der Waals surface area contributed by atoms with Crippen LogP contribution in [0, 0.1) is 4.91 Å². The first kappa shape index (κ1) is 10.4. The van der Waals surface area contributed by atoms with Crippen LogP contribution in [-0.4, -0.2) is 10.1 Å². The molecule has 2 rings (SSSR count). The zero-order chi connectivity index (χ0) is 9.26. The number of fused-ring (bicyclic) bond motifs is 1. The average molecular weight is 210 g/mol. The number of hydrogen-bond acceptors (Lipinski definition) is 4. The molecule has 1 aromatic heterocycles. The number of aromatic hydroxyl groups is 1. The Morgan fingerprint density at radius 2 is 2.07 bits per heavy atom. The Morgan fingerprint density at radius 3 is 2.79 bits per heavy atom. The lowest BCUT2D eigenvalue weighted by Gasteiger charge is -1.99. The number of phenols is 1. The van der Waals surface area contributed by atoms with Gasteiger partial charge in [-0.05, 0) is 29.4 Å². The van der Waals surface area contributed by atoms with Crippen molar-refractivity contribution >= 4 is 16.6 Å². The molecule has 0 saturated heterocycles. The summed E-state index contributed by atoms with van der Waals surface area (Å²) in [7, 11) is 0. The highest BCUT2D eigenvalue weighted by molar-refractivity contribution is 5.93. The Balaban J connectivity index is 0.000000980. The fraction of sp³-hybridized carbons (Fsp3) is 0. The second kappa shape index (κ2) is 4.02. The van der Waals surface area contributed by atoms with E-state index in [0.717, 1.165) is 0 Å². The van der Waals surface area contributed by atoms with E-state index in [9.17, 15) is 10.0 Å². The van der Waals surface area contributed by atoms with Crippen LogP contribution in [0.5, 0.6) is 5.75 Å². The maximum Gasteiger partial charge on any atom is 0.141 e. The van der Waals surface area contributed by atoms with Crippen molar-refractivity contribution in [3.63, 3.8) is 0 Å². The number of pyridine rings is 1. The van der Waals surface area contributed by atoms with Crippen LogP contribution in [0.25, 0.3) is 10.9 Å². The summed E-state index contributed by atoms with van der Waals surface area (Å²) in [6.07, 6.45) is 1.55. The van der Waals surface area contributed by atoms with E-state index in [-0.39, 0.29) is 18.2 Å². The van der Waals surface area contributed by atoms with Crippen LogP contribution in [0.3, 0.4) is 0 Å². The predicted octanol–water partition coefficient (Wildman–Crippen LogP) is -0.658. The minimum absolute atomic E-state index is 0. The van der Waals surface area contributed by atoms with E-state index in [1.165, 1.54) is 12.1 Å². The van der Waals surface area contributed by atoms with Crippen molar-refractivity contribution in [3.8, 4) is 5.75 Å². The molecule has 1 heterocycles. The molecule has 0 radical (unpaired) electrons. The molecule has 4 nitrogen and oxygen atoms in total. The van der Waals surface area contributed by atoms with Crippen molar-refractivity contribution in [3.05, 3.63) is 35.4 Å². The molecule has 0 aliphatic rings. The molecule has 0 fully saturated rings. The molecule has 0 atom stereocenters. The maximum atomic E-state index is 10.4. The standard InChI is InChI=1S/C9H6N2O2.ClH/c12-8-4-3-7(11-13)6-2-1-5-10-9(6)8;/h1-5,12H;1H/p-1. The number of aromatic nitrogens is 1. The first-order valence-electron chi connectivity index (χ1n) is 3.73. The number of hydrogen-bond donors (Lipinski definition) is 1. The van der Waals surface area contributed by atoms with E-state index in [2.05, 4.69) is 10.2 Å². The molecule has 0 unspecified atom stereocenters. The third-order valence-electron chi connectivity index (χ3n) is 1.82. The highest BCUT2D eigenvalue weighted by atomic mass is 35.5. The van der Waals surface area contributed by atoms with Crippen LogP contribution in [0.2, 0.25) is 0 Å². The number of rotatable bonds is 1. The fourth-order valence-electron chi connectivity index (χ4n) is 1.22. The molecule has 5 heteroatoms. The van der Waals surface area contributed by atoms with E-state index < -0.39 is 0 Å². The second-order valence-corrected chi connectivity index (χ2v) is 2.59. The Labute approximate surface area is 86.0 Å². The molecule has 72 valence electrons. The number of nitrogens with zero attached hydrogens (tertiary/aromatic N) is 2. The van der Waals surface area contributed by atoms with Gasteiger partial charge in [0.25, 0.3) is 0 Å². The van der Waals surface area contributed by atoms with Gasteiger partial charge in [0.15, 0.2) is 0 Å². The number of benzene rings is 1. The molecule has 0 amide bonds. The van der Waals surface area contributed by atoms with Crippen molar-refractivity contribution < 1.29 is 17.5 Å². The number of phenolic OH excluding ortho intramolecular Hbond substituents is 1. The van der Waals surface area contributed by atoms with Crippen LogP contribution in [0.1, 0.15) is 0 Å². The molecular formula is C9H6ClN2O2-. The molecule has 0 bridgehead atoms.